The maximum Gasteiger partial charge on any atom is 0.137 e. The predicted molar refractivity (Wildman–Crippen MR) is 237 cm³/mol. The van der Waals surface area contributed by atoms with Gasteiger partial charge in [-0.05, 0) is 132 Å². The summed E-state index contributed by atoms with van der Waals surface area (Å²) in [5, 5.41) is 9.61. The third-order valence-electron chi connectivity index (χ3n) is 11.2. The van der Waals surface area contributed by atoms with Crippen molar-refractivity contribution in [3.05, 3.63) is 212 Å². The first-order chi connectivity index (χ1) is 27.7. The second-order valence-electron chi connectivity index (χ2n) is 14.6. The molecule has 11 rings (SSSR count). The Kier molecular flexibility index (Phi) is 7.53. The molecule has 0 saturated carbocycles. The third kappa shape index (κ3) is 5.68. The molecule has 0 N–H and O–H groups in total. The molecule has 0 atom stereocenters. The van der Waals surface area contributed by atoms with E-state index in [9.17, 15) is 0 Å². The van der Waals surface area contributed by atoms with Crippen LogP contribution in [0, 0.1) is 0 Å². The number of hydrogen-bond donors (Lipinski definition) is 0. The Balaban J connectivity index is 0.975. The van der Waals surface area contributed by atoms with E-state index >= 15 is 0 Å². The molecule has 0 spiro atoms. The number of hydrogen-bond acceptors (Lipinski definition) is 2. The summed E-state index contributed by atoms with van der Waals surface area (Å²) in [7, 11) is 0. The summed E-state index contributed by atoms with van der Waals surface area (Å²) in [6, 6.07) is 76.6. The fourth-order valence-corrected chi connectivity index (χ4v) is 8.25. The van der Waals surface area contributed by atoms with Gasteiger partial charge in [0.25, 0.3) is 0 Å². The highest BCUT2D eigenvalue weighted by Gasteiger charge is 2.17. The van der Waals surface area contributed by atoms with Crippen LogP contribution in [-0.2, 0) is 0 Å². The van der Waals surface area contributed by atoms with Crippen LogP contribution >= 0.6 is 0 Å². The van der Waals surface area contributed by atoms with Gasteiger partial charge in [-0.25, -0.2) is 0 Å². The van der Waals surface area contributed by atoms with E-state index in [4.69, 9.17) is 4.42 Å². The topological polar surface area (TPSA) is 16.4 Å². The minimum Gasteiger partial charge on any atom is -0.456 e. The molecule has 2 heteroatoms. The number of nitrogens with zero attached hydrogens (tertiary/aromatic N) is 1. The van der Waals surface area contributed by atoms with Crippen molar-refractivity contribution in [2.24, 2.45) is 0 Å². The van der Waals surface area contributed by atoms with Crippen LogP contribution in [0.1, 0.15) is 0 Å². The number of anilines is 3. The quantitative estimate of drug-likeness (QED) is 0.171. The monoisotopic (exact) mass is 713 g/mol. The van der Waals surface area contributed by atoms with Crippen molar-refractivity contribution < 1.29 is 4.42 Å². The highest BCUT2D eigenvalue weighted by atomic mass is 16.3. The lowest BCUT2D eigenvalue weighted by Gasteiger charge is -2.26. The Morgan fingerprint density at radius 2 is 0.679 bits per heavy atom. The van der Waals surface area contributed by atoms with Gasteiger partial charge >= 0.3 is 0 Å². The van der Waals surface area contributed by atoms with Crippen LogP contribution in [-0.4, -0.2) is 0 Å². The molecule has 11 aromatic rings. The molecule has 1 aromatic heterocycles. The predicted octanol–water partition coefficient (Wildman–Crippen LogP) is 15.5. The molecular formula is C54H35NO. The first-order valence-corrected chi connectivity index (χ1v) is 19.1. The summed E-state index contributed by atoms with van der Waals surface area (Å²) in [6.45, 7) is 0. The van der Waals surface area contributed by atoms with Crippen LogP contribution in [0.2, 0.25) is 0 Å². The molecule has 0 fully saturated rings. The van der Waals surface area contributed by atoms with Gasteiger partial charge in [0.15, 0.2) is 0 Å². The van der Waals surface area contributed by atoms with Gasteiger partial charge in [-0.1, -0.05) is 140 Å². The summed E-state index contributed by atoms with van der Waals surface area (Å²) in [5.74, 6) is 0. The van der Waals surface area contributed by atoms with Crippen molar-refractivity contribution in [1.29, 1.82) is 0 Å². The lowest BCUT2D eigenvalue weighted by atomic mass is 9.96. The molecule has 0 aliphatic heterocycles. The number of fused-ring (bicyclic) bond motifs is 6. The largest absolute Gasteiger partial charge is 0.456 e. The Morgan fingerprint density at radius 1 is 0.250 bits per heavy atom. The van der Waals surface area contributed by atoms with Crippen LogP contribution in [0.5, 0.6) is 0 Å². The zero-order chi connectivity index (χ0) is 37.0. The highest BCUT2D eigenvalue weighted by molar-refractivity contribution is 6.11. The molecular weight excluding hydrogens is 679 g/mol. The fraction of sp³-hybridized carbons (Fsp3) is 0. The van der Waals surface area contributed by atoms with E-state index in [0.717, 1.165) is 39.0 Å². The normalized spacial score (nSPS) is 11.6. The lowest BCUT2D eigenvalue weighted by molar-refractivity contribution is 0.669. The zero-order valence-corrected chi connectivity index (χ0v) is 30.6. The van der Waals surface area contributed by atoms with Gasteiger partial charge in [-0.3, -0.25) is 0 Å². The number of benzene rings is 10. The van der Waals surface area contributed by atoms with Crippen molar-refractivity contribution in [3.63, 3.8) is 0 Å². The van der Waals surface area contributed by atoms with E-state index in [1.165, 1.54) is 65.7 Å². The molecule has 0 saturated heterocycles. The third-order valence-corrected chi connectivity index (χ3v) is 11.2. The summed E-state index contributed by atoms with van der Waals surface area (Å²) in [6.07, 6.45) is 0. The summed E-state index contributed by atoms with van der Waals surface area (Å²) in [4.78, 5) is 2.32. The second-order valence-corrected chi connectivity index (χ2v) is 14.6. The van der Waals surface area contributed by atoms with E-state index in [0.29, 0.717) is 0 Å². The summed E-state index contributed by atoms with van der Waals surface area (Å²) < 4.78 is 6.54. The highest BCUT2D eigenvalue weighted by Crippen LogP contribution is 2.41. The van der Waals surface area contributed by atoms with E-state index < -0.39 is 0 Å². The van der Waals surface area contributed by atoms with Crippen LogP contribution in [0.25, 0.3) is 87.6 Å². The molecule has 262 valence electrons. The Hall–Kier alpha value is -7.42. The first-order valence-electron chi connectivity index (χ1n) is 19.1. The zero-order valence-electron chi connectivity index (χ0n) is 30.6. The van der Waals surface area contributed by atoms with E-state index in [1.807, 2.05) is 0 Å². The Labute approximate surface area is 325 Å². The number of rotatable bonds is 6. The molecule has 0 aliphatic rings. The lowest BCUT2D eigenvalue weighted by Crippen LogP contribution is -2.09. The second kappa shape index (κ2) is 13.2. The fourth-order valence-electron chi connectivity index (χ4n) is 8.25. The molecule has 10 aromatic carbocycles. The van der Waals surface area contributed by atoms with Crippen LogP contribution < -0.4 is 4.90 Å². The smallest absolute Gasteiger partial charge is 0.137 e. The van der Waals surface area contributed by atoms with Gasteiger partial charge in [0.05, 0.1) is 0 Å². The molecule has 0 bridgehead atoms. The van der Waals surface area contributed by atoms with Gasteiger partial charge in [0.2, 0.25) is 0 Å². The molecule has 2 nitrogen and oxygen atoms in total. The van der Waals surface area contributed by atoms with Crippen molar-refractivity contribution >= 4 is 71.3 Å². The Morgan fingerprint density at radius 3 is 1.32 bits per heavy atom. The first kappa shape index (κ1) is 32.0. The summed E-state index contributed by atoms with van der Waals surface area (Å²) >= 11 is 0. The van der Waals surface area contributed by atoms with Gasteiger partial charge in [0, 0.05) is 33.9 Å². The van der Waals surface area contributed by atoms with Crippen molar-refractivity contribution in [1.82, 2.24) is 0 Å². The average molecular weight is 714 g/mol. The maximum atomic E-state index is 6.54. The van der Waals surface area contributed by atoms with E-state index in [1.54, 1.807) is 0 Å². The molecule has 0 aliphatic carbocycles. The van der Waals surface area contributed by atoms with Gasteiger partial charge in [-0.2, -0.15) is 0 Å². The summed E-state index contributed by atoms with van der Waals surface area (Å²) in [5.41, 5.74) is 12.1. The van der Waals surface area contributed by atoms with E-state index in [-0.39, 0.29) is 0 Å². The van der Waals surface area contributed by atoms with Crippen molar-refractivity contribution in [3.8, 4) is 33.4 Å². The van der Waals surface area contributed by atoms with E-state index in [2.05, 4.69) is 217 Å². The van der Waals surface area contributed by atoms with Crippen molar-refractivity contribution in [2.45, 2.75) is 0 Å². The SMILES string of the molecule is c1ccc(-c2ccc(N(c3ccc(-c4ccc5ccc(-c6ccc7ccccc7c6)cc5c4)cc3)c3ccc4c(c3)oc3cc5ccccc5cc34)cc2)cc1. The molecule has 0 radical (unpaired) electrons. The molecule has 0 amide bonds. The Bertz CT molecular complexity index is 3230. The van der Waals surface area contributed by atoms with Gasteiger partial charge < -0.3 is 9.32 Å². The van der Waals surface area contributed by atoms with Crippen molar-refractivity contribution in [2.75, 3.05) is 4.90 Å². The molecule has 1 heterocycles. The van der Waals surface area contributed by atoms with Crippen LogP contribution in [0.3, 0.4) is 0 Å². The number of furan rings is 1. The van der Waals surface area contributed by atoms with Crippen LogP contribution in [0.15, 0.2) is 217 Å². The van der Waals surface area contributed by atoms with Gasteiger partial charge in [0.1, 0.15) is 11.2 Å². The molecule has 0 unspecified atom stereocenters. The minimum absolute atomic E-state index is 0.870. The standard InChI is InChI=1S/C54H35NO/c1-2-8-36(9-3-1)38-20-24-48(25-21-38)55(50-28-29-51-52-33-42-12-6-7-13-43(42)34-53(52)56-54(51)35-50)49-26-22-39(23-27-49)44-17-15-40-16-19-46(32-47(40)31-44)45-18-14-37-10-4-5-11-41(37)30-45/h1-35H. The van der Waals surface area contributed by atoms with Gasteiger partial charge in [-0.15, -0.1) is 0 Å². The van der Waals surface area contributed by atoms with Crippen LogP contribution in [0.4, 0.5) is 17.1 Å². The average Bonchev–Trinajstić information content (AvgIpc) is 3.62. The minimum atomic E-state index is 0.870. The maximum absolute atomic E-state index is 6.54. The molecule has 56 heavy (non-hydrogen) atoms.